The Kier molecular flexibility index (Phi) is 4.43. The monoisotopic (exact) mass is 288 g/mol. The topological polar surface area (TPSA) is 46.5 Å². The van der Waals surface area contributed by atoms with Gasteiger partial charge in [0.15, 0.2) is 0 Å². The smallest absolute Gasteiger partial charge is 0.328 e. The summed E-state index contributed by atoms with van der Waals surface area (Å²) in [4.78, 5) is 10.6. The van der Waals surface area contributed by atoms with Gasteiger partial charge >= 0.3 is 5.97 Å². The van der Waals surface area contributed by atoms with Gasteiger partial charge in [-0.3, -0.25) is 0 Å². The average Bonchev–Trinajstić information content (AvgIpc) is 2.40. The van der Waals surface area contributed by atoms with Gasteiger partial charge < -0.3 is 9.84 Å². The zero-order valence-corrected chi connectivity index (χ0v) is 11.6. The number of benzene rings is 2. The fourth-order valence-electron chi connectivity index (χ4n) is 1.63. The summed E-state index contributed by atoms with van der Waals surface area (Å²) in [7, 11) is 0. The summed E-state index contributed by atoms with van der Waals surface area (Å²) in [5, 5.41) is 9.21. The number of halogens is 1. The van der Waals surface area contributed by atoms with Crippen molar-refractivity contribution in [1.29, 1.82) is 0 Å². The molecule has 0 heterocycles. The number of aliphatic carboxylic acids is 1. The standard InChI is InChI=1S/C16H13ClO3/c1-11-2-7-14(8-3-11)20-15-10-13(17)6-4-12(15)5-9-16(18)19/h2-10H,1H3,(H,18,19)/b9-5+. The number of ether oxygens (including phenoxy) is 1. The van der Waals surface area contributed by atoms with Crippen LogP contribution >= 0.6 is 11.6 Å². The second kappa shape index (κ2) is 6.26. The Morgan fingerprint density at radius 3 is 2.55 bits per heavy atom. The lowest BCUT2D eigenvalue weighted by Gasteiger charge is -2.09. The van der Waals surface area contributed by atoms with E-state index < -0.39 is 5.97 Å². The maximum Gasteiger partial charge on any atom is 0.328 e. The van der Waals surface area contributed by atoms with Gasteiger partial charge in [-0.25, -0.2) is 4.79 Å². The average molecular weight is 289 g/mol. The van der Waals surface area contributed by atoms with E-state index in [4.69, 9.17) is 21.4 Å². The van der Waals surface area contributed by atoms with Crippen LogP contribution in [0.2, 0.25) is 5.02 Å². The van der Waals surface area contributed by atoms with Gasteiger partial charge in [-0.05, 0) is 37.3 Å². The molecule has 0 saturated carbocycles. The Hall–Kier alpha value is -2.26. The van der Waals surface area contributed by atoms with Crippen molar-refractivity contribution in [3.63, 3.8) is 0 Å². The molecule has 0 atom stereocenters. The first-order chi connectivity index (χ1) is 9.54. The zero-order chi connectivity index (χ0) is 14.5. The molecule has 2 aromatic rings. The summed E-state index contributed by atoms with van der Waals surface area (Å²) < 4.78 is 5.75. The molecule has 2 aromatic carbocycles. The number of aryl methyl sites for hydroxylation is 1. The van der Waals surface area contributed by atoms with Crippen LogP contribution in [0.3, 0.4) is 0 Å². The normalized spacial score (nSPS) is 10.7. The number of carbonyl (C=O) groups is 1. The van der Waals surface area contributed by atoms with E-state index in [1.54, 1.807) is 18.2 Å². The van der Waals surface area contributed by atoms with Crippen molar-refractivity contribution in [1.82, 2.24) is 0 Å². The van der Waals surface area contributed by atoms with E-state index in [1.807, 2.05) is 31.2 Å². The second-order valence-electron chi connectivity index (χ2n) is 4.27. The Morgan fingerprint density at radius 1 is 1.20 bits per heavy atom. The number of carboxylic acids is 1. The van der Waals surface area contributed by atoms with Crippen LogP contribution in [-0.2, 0) is 4.79 Å². The minimum absolute atomic E-state index is 0.513. The summed E-state index contributed by atoms with van der Waals surface area (Å²) in [5.41, 5.74) is 1.78. The third-order valence-electron chi connectivity index (χ3n) is 2.63. The molecular weight excluding hydrogens is 276 g/mol. The van der Waals surface area contributed by atoms with E-state index >= 15 is 0 Å². The maximum absolute atomic E-state index is 10.6. The summed E-state index contributed by atoms with van der Waals surface area (Å²) >= 11 is 5.95. The van der Waals surface area contributed by atoms with Gasteiger partial charge in [-0.2, -0.15) is 0 Å². The molecule has 1 N–H and O–H groups in total. The Bertz CT molecular complexity index is 645. The van der Waals surface area contributed by atoms with E-state index in [1.165, 1.54) is 6.08 Å². The minimum Gasteiger partial charge on any atom is -0.478 e. The van der Waals surface area contributed by atoms with E-state index in [9.17, 15) is 4.79 Å². The molecular formula is C16H13ClO3. The highest BCUT2D eigenvalue weighted by atomic mass is 35.5. The van der Waals surface area contributed by atoms with Crippen LogP contribution in [0.15, 0.2) is 48.5 Å². The SMILES string of the molecule is Cc1ccc(Oc2cc(Cl)ccc2/C=C/C(=O)O)cc1. The lowest BCUT2D eigenvalue weighted by molar-refractivity contribution is -0.131. The Balaban J connectivity index is 2.31. The summed E-state index contributed by atoms with van der Waals surface area (Å²) in [6, 6.07) is 12.6. The first-order valence-corrected chi connectivity index (χ1v) is 6.37. The van der Waals surface area contributed by atoms with Crippen molar-refractivity contribution in [3.8, 4) is 11.5 Å². The molecule has 0 unspecified atom stereocenters. The van der Waals surface area contributed by atoms with E-state index in [-0.39, 0.29) is 0 Å². The molecule has 0 spiro atoms. The van der Waals surface area contributed by atoms with Gasteiger partial charge in [-0.15, -0.1) is 0 Å². The molecule has 0 aromatic heterocycles. The number of hydrogen-bond acceptors (Lipinski definition) is 2. The predicted octanol–water partition coefficient (Wildman–Crippen LogP) is 4.54. The molecule has 4 heteroatoms. The van der Waals surface area contributed by atoms with Crippen molar-refractivity contribution in [2.75, 3.05) is 0 Å². The quantitative estimate of drug-likeness (QED) is 0.840. The van der Waals surface area contributed by atoms with Gasteiger partial charge in [0, 0.05) is 22.7 Å². The second-order valence-corrected chi connectivity index (χ2v) is 4.71. The minimum atomic E-state index is -1.01. The first kappa shape index (κ1) is 14.2. The fourth-order valence-corrected chi connectivity index (χ4v) is 1.79. The van der Waals surface area contributed by atoms with E-state index in [0.29, 0.717) is 22.1 Å². The van der Waals surface area contributed by atoms with Crippen LogP contribution in [0.1, 0.15) is 11.1 Å². The van der Waals surface area contributed by atoms with Crippen molar-refractivity contribution in [2.24, 2.45) is 0 Å². The first-order valence-electron chi connectivity index (χ1n) is 6.00. The van der Waals surface area contributed by atoms with Crippen LogP contribution in [-0.4, -0.2) is 11.1 Å². The molecule has 0 aliphatic rings. The highest BCUT2D eigenvalue weighted by molar-refractivity contribution is 6.30. The van der Waals surface area contributed by atoms with Gasteiger partial charge in [0.25, 0.3) is 0 Å². The van der Waals surface area contributed by atoms with Crippen LogP contribution in [0, 0.1) is 6.92 Å². The predicted molar refractivity (Wildman–Crippen MR) is 79.4 cm³/mol. The van der Waals surface area contributed by atoms with Crippen molar-refractivity contribution < 1.29 is 14.6 Å². The summed E-state index contributed by atoms with van der Waals surface area (Å²) in [5.74, 6) is 0.169. The molecule has 0 fully saturated rings. The lowest BCUT2D eigenvalue weighted by atomic mass is 10.2. The van der Waals surface area contributed by atoms with Crippen LogP contribution < -0.4 is 4.74 Å². The molecule has 3 nitrogen and oxygen atoms in total. The third-order valence-corrected chi connectivity index (χ3v) is 2.86. The third kappa shape index (κ3) is 3.87. The molecule has 0 bridgehead atoms. The van der Waals surface area contributed by atoms with Crippen LogP contribution in [0.5, 0.6) is 11.5 Å². The largest absolute Gasteiger partial charge is 0.478 e. The molecule has 2 rings (SSSR count). The summed E-state index contributed by atoms with van der Waals surface area (Å²) in [6.45, 7) is 1.99. The molecule has 0 aliphatic carbocycles. The van der Waals surface area contributed by atoms with E-state index in [2.05, 4.69) is 0 Å². The van der Waals surface area contributed by atoms with Gasteiger partial charge in [0.05, 0.1) is 0 Å². The van der Waals surface area contributed by atoms with Gasteiger partial charge in [0.2, 0.25) is 0 Å². The highest BCUT2D eigenvalue weighted by Gasteiger charge is 2.04. The number of rotatable bonds is 4. The highest BCUT2D eigenvalue weighted by Crippen LogP contribution is 2.29. The van der Waals surface area contributed by atoms with Gasteiger partial charge in [-0.1, -0.05) is 29.3 Å². The molecule has 20 heavy (non-hydrogen) atoms. The van der Waals surface area contributed by atoms with Crippen molar-refractivity contribution >= 4 is 23.6 Å². The fraction of sp³-hybridized carbons (Fsp3) is 0.0625. The zero-order valence-electron chi connectivity index (χ0n) is 10.8. The number of carboxylic acid groups (broad SMARTS) is 1. The molecule has 0 radical (unpaired) electrons. The lowest BCUT2D eigenvalue weighted by Crippen LogP contribution is -1.90. The summed E-state index contributed by atoms with van der Waals surface area (Å²) in [6.07, 6.45) is 2.54. The van der Waals surface area contributed by atoms with Crippen molar-refractivity contribution in [2.45, 2.75) is 6.92 Å². The Labute approximate surface area is 122 Å². The molecule has 0 amide bonds. The van der Waals surface area contributed by atoms with Crippen LogP contribution in [0.25, 0.3) is 6.08 Å². The molecule has 102 valence electrons. The maximum atomic E-state index is 10.6. The van der Waals surface area contributed by atoms with Gasteiger partial charge in [0.1, 0.15) is 11.5 Å². The number of hydrogen-bond donors (Lipinski definition) is 1. The Morgan fingerprint density at radius 2 is 1.90 bits per heavy atom. The molecule has 0 saturated heterocycles. The van der Waals surface area contributed by atoms with Crippen LogP contribution in [0.4, 0.5) is 0 Å². The van der Waals surface area contributed by atoms with Crippen molar-refractivity contribution in [3.05, 3.63) is 64.7 Å². The molecule has 0 aliphatic heterocycles. The van der Waals surface area contributed by atoms with E-state index in [0.717, 1.165) is 11.6 Å².